The van der Waals surface area contributed by atoms with Gasteiger partial charge in [-0.2, -0.15) is 0 Å². The lowest BCUT2D eigenvalue weighted by molar-refractivity contribution is -0.122. The van der Waals surface area contributed by atoms with Gasteiger partial charge in [0.2, 0.25) is 0 Å². The summed E-state index contributed by atoms with van der Waals surface area (Å²) in [5.41, 5.74) is 7.99. The number of pyridine rings is 1. The molecule has 4 heterocycles. The lowest BCUT2D eigenvalue weighted by Crippen LogP contribution is -2.37. The maximum Gasteiger partial charge on any atom is 0.111 e. The Hall–Kier alpha value is -1.79. The van der Waals surface area contributed by atoms with Gasteiger partial charge < -0.3 is 19.3 Å². The normalized spacial score (nSPS) is 27.2. The second-order valence-corrected chi connectivity index (χ2v) is 13.6. The number of aromatic nitrogens is 1. The first-order chi connectivity index (χ1) is 17.6. The highest BCUT2D eigenvalue weighted by molar-refractivity contribution is 5.54. The highest BCUT2D eigenvalue weighted by Gasteiger charge is 2.52. The Morgan fingerprint density at radius 2 is 1.57 bits per heavy atom. The second kappa shape index (κ2) is 9.15. The van der Waals surface area contributed by atoms with Gasteiger partial charge in [0.05, 0.1) is 17.4 Å². The number of benzene rings is 1. The zero-order valence-corrected chi connectivity index (χ0v) is 23.2. The fraction of sp³-hybridized carbons (Fsp3) is 0.656. The Balaban J connectivity index is 1.58. The average Bonchev–Trinajstić information content (AvgIpc) is 3.17. The molecule has 2 aromatic rings. The Bertz CT molecular complexity index is 1150. The van der Waals surface area contributed by atoms with E-state index in [2.05, 4.69) is 58.9 Å². The molecule has 200 valence electrons. The van der Waals surface area contributed by atoms with Crippen LogP contribution in [-0.4, -0.2) is 36.5 Å². The van der Waals surface area contributed by atoms with Gasteiger partial charge >= 0.3 is 0 Å². The maximum absolute atomic E-state index is 11.6. The van der Waals surface area contributed by atoms with Gasteiger partial charge in [0.25, 0.3) is 0 Å². The molecule has 4 aliphatic rings. The predicted octanol–water partition coefficient (Wildman–Crippen LogP) is 6.40. The van der Waals surface area contributed by atoms with Crippen molar-refractivity contribution < 1.29 is 19.3 Å². The van der Waals surface area contributed by atoms with E-state index in [1.165, 1.54) is 27.9 Å². The van der Waals surface area contributed by atoms with E-state index in [0.717, 1.165) is 63.0 Å². The van der Waals surface area contributed by atoms with Crippen LogP contribution in [0.2, 0.25) is 0 Å². The molecule has 2 atom stereocenters. The summed E-state index contributed by atoms with van der Waals surface area (Å²) in [6.45, 7) is 14.2. The third kappa shape index (κ3) is 4.46. The number of aliphatic hydroxyl groups excluding tert-OH is 1. The van der Waals surface area contributed by atoms with Crippen molar-refractivity contribution in [1.82, 2.24) is 4.98 Å². The molecule has 1 aliphatic carbocycles. The molecule has 3 aliphatic heterocycles. The predicted molar refractivity (Wildman–Crippen MR) is 144 cm³/mol. The number of ether oxygens (including phenoxy) is 3. The highest BCUT2D eigenvalue weighted by Crippen LogP contribution is 2.58. The van der Waals surface area contributed by atoms with Crippen LogP contribution < -0.4 is 0 Å². The molecule has 0 radical (unpaired) electrons. The number of fused-ring (bicyclic) bond motifs is 4. The van der Waals surface area contributed by atoms with E-state index in [9.17, 15) is 5.11 Å². The Morgan fingerprint density at radius 3 is 2.22 bits per heavy atom. The Labute approximate surface area is 221 Å². The standard InChI is InChI=1S/C32H43NO4/c1-30(2,3)22-8-6-21(7-9-22)29-26-27(32(37-29)12-16-36-17-13-32)25-23(18-31(4,5)19-24(25)34)33-28(26)20-10-14-35-15-11-20/h6-9,20,24,29,34H,10-19H2,1-5H3. The fourth-order valence-electron chi connectivity index (χ4n) is 7.17. The second-order valence-electron chi connectivity index (χ2n) is 13.6. The molecule has 0 saturated carbocycles. The number of rotatable bonds is 2. The van der Waals surface area contributed by atoms with Gasteiger partial charge in [0.1, 0.15) is 6.10 Å². The number of hydrogen-bond acceptors (Lipinski definition) is 5. The molecular weight excluding hydrogens is 462 g/mol. The van der Waals surface area contributed by atoms with Crippen molar-refractivity contribution in [2.45, 2.75) is 102 Å². The quantitative estimate of drug-likeness (QED) is 0.511. The molecule has 2 unspecified atom stereocenters. The van der Waals surface area contributed by atoms with Gasteiger partial charge in [-0.3, -0.25) is 4.98 Å². The summed E-state index contributed by atoms with van der Waals surface area (Å²) in [5.74, 6) is 0.352. The molecule has 5 nitrogen and oxygen atoms in total. The van der Waals surface area contributed by atoms with Crippen molar-refractivity contribution in [2.24, 2.45) is 5.41 Å². The summed E-state index contributed by atoms with van der Waals surface area (Å²) in [6, 6.07) is 9.01. The lowest BCUT2D eigenvalue weighted by atomic mass is 9.69. The van der Waals surface area contributed by atoms with Crippen molar-refractivity contribution in [3.8, 4) is 0 Å². The zero-order chi connectivity index (χ0) is 26.0. The first-order valence-corrected chi connectivity index (χ1v) is 14.3. The molecule has 6 rings (SSSR count). The highest BCUT2D eigenvalue weighted by atomic mass is 16.5. The van der Waals surface area contributed by atoms with Crippen molar-refractivity contribution in [3.63, 3.8) is 0 Å². The van der Waals surface area contributed by atoms with Crippen LogP contribution in [0.15, 0.2) is 24.3 Å². The summed E-state index contributed by atoms with van der Waals surface area (Å²) in [4.78, 5) is 5.44. The van der Waals surface area contributed by atoms with Crippen LogP contribution in [-0.2, 0) is 31.6 Å². The van der Waals surface area contributed by atoms with E-state index in [0.29, 0.717) is 19.1 Å². The summed E-state index contributed by atoms with van der Waals surface area (Å²) in [6.07, 6.45) is 4.54. The number of aliphatic hydroxyl groups is 1. The molecule has 1 spiro atoms. The third-order valence-electron chi connectivity index (χ3n) is 9.16. The Kier molecular flexibility index (Phi) is 6.30. The van der Waals surface area contributed by atoms with Crippen molar-refractivity contribution in [1.29, 1.82) is 0 Å². The van der Waals surface area contributed by atoms with Gasteiger partial charge in [-0.05, 0) is 53.2 Å². The van der Waals surface area contributed by atoms with Crippen LogP contribution in [0.1, 0.15) is 124 Å². The molecule has 0 bridgehead atoms. The monoisotopic (exact) mass is 505 g/mol. The van der Waals surface area contributed by atoms with Crippen LogP contribution >= 0.6 is 0 Å². The van der Waals surface area contributed by atoms with E-state index in [4.69, 9.17) is 19.2 Å². The van der Waals surface area contributed by atoms with E-state index in [-0.39, 0.29) is 16.9 Å². The molecule has 0 amide bonds. The van der Waals surface area contributed by atoms with Crippen molar-refractivity contribution in [3.05, 3.63) is 63.5 Å². The van der Waals surface area contributed by atoms with E-state index in [1.807, 2.05) is 0 Å². The van der Waals surface area contributed by atoms with Crippen LogP contribution in [0, 0.1) is 5.41 Å². The first kappa shape index (κ1) is 25.5. The van der Waals surface area contributed by atoms with E-state index in [1.54, 1.807) is 0 Å². The molecular formula is C32H43NO4. The molecule has 1 aromatic heterocycles. The van der Waals surface area contributed by atoms with E-state index >= 15 is 0 Å². The van der Waals surface area contributed by atoms with Crippen LogP contribution in [0.3, 0.4) is 0 Å². The third-order valence-corrected chi connectivity index (χ3v) is 9.16. The molecule has 2 saturated heterocycles. The minimum atomic E-state index is -0.519. The van der Waals surface area contributed by atoms with Gasteiger partial charge in [0.15, 0.2) is 0 Å². The maximum atomic E-state index is 11.6. The molecule has 37 heavy (non-hydrogen) atoms. The zero-order valence-electron chi connectivity index (χ0n) is 23.2. The first-order valence-electron chi connectivity index (χ1n) is 14.3. The van der Waals surface area contributed by atoms with E-state index < -0.39 is 11.7 Å². The lowest BCUT2D eigenvalue weighted by Gasteiger charge is -2.40. The average molecular weight is 506 g/mol. The van der Waals surface area contributed by atoms with Crippen LogP contribution in [0.5, 0.6) is 0 Å². The smallest absolute Gasteiger partial charge is 0.111 e. The SMILES string of the molecule is CC1(C)Cc2nc(C3CCOCC3)c3c(c2C(O)C1)C1(CCOCC1)OC3c1ccc(C(C)(C)C)cc1. The largest absolute Gasteiger partial charge is 0.388 e. The minimum Gasteiger partial charge on any atom is -0.388 e. The number of nitrogens with zero attached hydrogens (tertiary/aromatic N) is 1. The molecule has 2 fully saturated rings. The summed E-state index contributed by atoms with van der Waals surface area (Å²) in [5, 5.41) is 11.6. The van der Waals surface area contributed by atoms with Gasteiger partial charge in [-0.1, -0.05) is 58.9 Å². The van der Waals surface area contributed by atoms with Crippen LogP contribution in [0.4, 0.5) is 0 Å². The van der Waals surface area contributed by atoms with Gasteiger partial charge in [-0.25, -0.2) is 0 Å². The van der Waals surface area contributed by atoms with Gasteiger partial charge in [-0.15, -0.1) is 0 Å². The van der Waals surface area contributed by atoms with Crippen molar-refractivity contribution in [2.75, 3.05) is 26.4 Å². The summed E-state index contributed by atoms with van der Waals surface area (Å²) >= 11 is 0. The van der Waals surface area contributed by atoms with Crippen LogP contribution in [0.25, 0.3) is 0 Å². The van der Waals surface area contributed by atoms with Gasteiger partial charge in [0, 0.05) is 62.0 Å². The topological polar surface area (TPSA) is 60.8 Å². The fourth-order valence-corrected chi connectivity index (χ4v) is 7.17. The summed E-state index contributed by atoms with van der Waals surface area (Å²) < 4.78 is 18.8. The number of hydrogen-bond donors (Lipinski definition) is 1. The van der Waals surface area contributed by atoms with Crippen molar-refractivity contribution >= 4 is 0 Å². The molecule has 1 aromatic carbocycles. The minimum absolute atomic E-state index is 0.0189. The molecule has 1 N–H and O–H groups in total. The molecule has 5 heteroatoms. The Morgan fingerprint density at radius 1 is 0.919 bits per heavy atom. The summed E-state index contributed by atoms with van der Waals surface area (Å²) in [7, 11) is 0.